The van der Waals surface area contributed by atoms with Crippen molar-refractivity contribution in [2.75, 3.05) is 19.5 Å². The number of thiazole rings is 1. The van der Waals surface area contributed by atoms with Crippen molar-refractivity contribution in [1.29, 1.82) is 0 Å². The third-order valence-electron chi connectivity index (χ3n) is 4.10. The first kappa shape index (κ1) is 17.0. The lowest BCUT2D eigenvalue weighted by Gasteiger charge is -2.15. The van der Waals surface area contributed by atoms with Gasteiger partial charge in [-0.1, -0.05) is 18.5 Å². The largest absolute Gasteiger partial charge is 0.493 e. The van der Waals surface area contributed by atoms with Gasteiger partial charge in [0.15, 0.2) is 16.6 Å². The summed E-state index contributed by atoms with van der Waals surface area (Å²) >= 11 is 7.71. The van der Waals surface area contributed by atoms with Gasteiger partial charge in [0.25, 0.3) is 5.91 Å². The molecule has 0 aliphatic heterocycles. The lowest BCUT2D eigenvalue weighted by molar-refractivity contribution is 0.102. The molecule has 1 aromatic carbocycles. The number of aromatic nitrogens is 1. The molecule has 128 valence electrons. The number of halogens is 1. The van der Waals surface area contributed by atoms with Crippen LogP contribution in [0.25, 0.3) is 0 Å². The van der Waals surface area contributed by atoms with Crippen LogP contribution in [0.4, 0.5) is 5.13 Å². The average molecular weight is 367 g/mol. The second kappa shape index (κ2) is 6.99. The van der Waals surface area contributed by atoms with E-state index in [4.69, 9.17) is 21.1 Å². The third-order valence-corrected chi connectivity index (χ3v) is 5.42. The Balaban J connectivity index is 1.82. The molecule has 3 rings (SSSR count). The normalized spacial score (nSPS) is 16.4. The van der Waals surface area contributed by atoms with Gasteiger partial charge < -0.3 is 9.47 Å². The zero-order valence-electron chi connectivity index (χ0n) is 13.8. The molecule has 24 heavy (non-hydrogen) atoms. The Morgan fingerprint density at radius 1 is 1.38 bits per heavy atom. The number of amides is 1. The van der Waals surface area contributed by atoms with E-state index < -0.39 is 0 Å². The van der Waals surface area contributed by atoms with Gasteiger partial charge in [0.05, 0.1) is 24.9 Å². The van der Waals surface area contributed by atoms with Gasteiger partial charge >= 0.3 is 0 Å². The number of hydrogen-bond donors (Lipinski definition) is 1. The molecule has 1 aliphatic rings. The average Bonchev–Trinajstić information content (AvgIpc) is 2.95. The van der Waals surface area contributed by atoms with Crippen molar-refractivity contribution in [3.8, 4) is 11.5 Å². The van der Waals surface area contributed by atoms with Gasteiger partial charge in [-0.15, -0.1) is 11.3 Å². The maximum absolute atomic E-state index is 12.5. The molecule has 1 heterocycles. The number of hydrogen-bond acceptors (Lipinski definition) is 5. The fraction of sp³-hybridized carbons (Fsp3) is 0.412. The fourth-order valence-corrected chi connectivity index (χ4v) is 4.27. The fourth-order valence-electron chi connectivity index (χ4n) is 2.81. The molecule has 0 radical (unpaired) electrons. The van der Waals surface area contributed by atoms with Crippen LogP contribution in [0.1, 0.15) is 34.3 Å². The second-order valence-corrected chi connectivity index (χ2v) is 7.38. The SMILES string of the molecule is COc1cc(C(=O)Nc2nc3c(s2)CC(C)CC3)cc(Cl)c1OC. The van der Waals surface area contributed by atoms with Crippen LogP contribution >= 0.6 is 22.9 Å². The minimum atomic E-state index is -0.267. The molecule has 7 heteroatoms. The summed E-state index contributed by atoms with van der Waals surface area (Å²) in [5, 5.41) is 3.82. The number of benzene rings is 1. The zero-order chi connectivity index (χ0) is 17.3. The van der Waals surface area contributed by atoms with Crippen LogP contribution < -0.4 is 14.8 Å². The van der Waals surface area contributed by atoms with Crippen molar-refractivity contribution in [2.24, 2.45) is 5.92 Å². The predicted octanol–water partition coefficient (Wildman–Crippen LogP) is 4.19. The van der Waals surface area contributed by atoms with Crippen LogP contribution in [0, 0.1) is 5.92 Å². The number of nitrogens with one attached hydrogen (secondary N) is 1. The minimum absolute atomic E-state index is 0.267. The van der Waals surface area contributed by atoms with Crippen molar-refractivity contribution in [2.45, 2.75) is 26.2 Å². The summed E-state index contributed by atoms with van der Waals surface area (Å²) in [6, 6.07) is 3.17. The Morgan fingerprint density at radius 3 is 2.88 bits per heavy atom. The molecule has 1 unspecified atom stereocenters. The first-order chi connectivity index (χ1) is 11.5. The molecule has 1 atom stereocenters. The van der Waals surface area contributed by atoms with Crippen LogP contribution in [0.2, 0.25) is 5.02 Å². The van der Waals surface area contributed by atoms with Gasteiger partial charge in [0, 0.05) is 10.4 Å². The number of fused-ring (bicyclic) bond motifs is 1. The predicted molar refractivity (Wildman–Crippen MR) is 95.8 cm³/mol. The van der Waals surface area contributed by atoms with E-state index in [9.17, 15) is 4.79 Å². The molecule has 0 fully saturated rings. The second-order valence-electron chi connectivity index (χ2n) is 5.88. The van der Waals surface area contributed by atoms with E-state index in [2.05, 4.69) is 17.2 Å². The van der Waals surface area contributed by atoms with E-state index in [0.29, 0.717) is 33.1 Å². The van der Waals surface area contributed by atoms with E-state index in [1.165, 1.54) is 19.1 Å². The number of nitrogens with zero attached hydrogens (tertiary/aromatic N) is 1. The Morgan fingerprint density at radius 2 is 2.17 bits per heavy atom. The monoisotopic (exact) mass is 366 g/mol. The number of aryl methyl sites for hydroxylation is 1. The van der Waals surface area contributed by atoms with Gasteiger partial charge in [-0.3, -0.25) is 10.1 Å². The lowest BCUT2D eigenvalue weighted by atomic mass is 9.93. The molecule has 0 saturated heterocycles. The zero-order valence-corrected chi connectivity index (χ0v) is 15.4. The summed E-state index contributed by atoms with van der Waals surface area (Å²) in [4.78, 5) is 18.3. The van der Waals surface area contributed by atoms with Gasteiger partial charge in [-0.25, -0.2) is 4.98 Å². The Bertz CT molecular complexity index is 775. The highest BCUT2D eigenvalue weighted by Crippen LogP contribution is 2.37. The molecule has 1 aliphatic carbocycles. The summed E-state index contributed by atoms with van der Waals surface area (Å²) in [6.45, 7) is 2.24. The van der Waals surface area contributed by atoms with E-state index in [-0.39, 0.29) is 5.91 Å². The topological polar surface area (TPSA) is 60.5 Å². The van der Waals surface area contributed by atoms with E-state index >= 15 is 0 Å². The molecule has 1 aromatic heterocycles. The molecule has 0 spiro atoms. The number of anilines is 1. The third kappa shape index (κ3) is 3.35. The smallest absolute Gasteiger partial charge is 0.257 e. The Hall–Kier alpha value is -1.79. The highest BCUT2D eigenvalue weighted by Gasteiger charge is 2.21. The molecular weight excluding hydrogens is 348 g/mol. The number of methoxy groups -OCH3 is 2. The van der Waals surface area contributed by atoms with E-state index in [1.807, 2.05) is 0 Å². The Labute approximate surface area is 150 Å². The standard InChI is InChI=1S/C17H19ClN2O3S/c1-9-4-5-12-14(6-9)24-17(19-12)20-16(21)10-7-11(18)15(23-3)13(8-10)22-2/h7-9H,4-6H2,1-3H3,(H,19,20,21). The highest BCUT2D eigenvalue weighted by atomic mass is 35.5. The summed E-state index contributed by atoms with van der Waals surface area (Å²) in [7, 11) is 3.01. The first-order valence-corrected chi connectivity index (χ1v) is 8.92. The molecule has 0 bridgehead atoms. The van der Waals surface area contributed by atoms with Crippen molar-refractivity contribution >= 4 is 34.0 Å². The molecule has 5 nitrogen and oxygen atoms in total. The van der Waals surface area contributed by atoms with Crippen LogP contribution in [-0.4, -0.2) is 25.1 Å². The van der Waals surface area contributed by atoms with E-state index in [1.54, 1.807) is 23.5 Å². The molecular formula is C17H19ClN2O3S. The lowest BCUT2D eigenvalue weighted by Crippen LogP contribution is -2.12. The maximum atomic E-state index is 12.5. The number of carbonyl (C=O) groups excluding carboxylic acids is 1. The van der Waals surface area contributed by atoms with Crippen molar-refractivity contribution in [3.63, 3.8) is 0 Å². The maximum Gasteiger partial charge on any atom is 0.257 e. The van der Waals surface area contributed by atoms with Crippen LogP contribution in [-0.2, 0) is 12.8 Å². The molecule has 2 aromatic rings. The van der Waals surface area contributed by atoms with Crippen LogP contribution in [0.15, 0.2) is 12.1 Å². The molecule has 1 N–H and O–H groups in total. The van der Waals surface area contributed by atoms with Crippen molar-refractivity contribution < 1.29 is 14.3 Å². The van der Waals surface area contributed by atoms with Gasteiger partial charge in [-0.05, 0) is 37.3 Å². The van der Waals surface area contributed by atoms with Crippen molar-refractivity contribution in [1.82, 2.24) is 4.98 Å². The first-order valence-electron chi connectivity index (χ1n) is 7.73. The summed E-state index contributed by atoms with van der Waals surface area (Å²) in [6.07, 6.45) is 3.16. The summed E-state index contributed by atoms with van der Waals surface area (Å²) in [5.41, 5.74) is 1.51. The molecule has 0 saturated carbocycles. The Kier molecular flexibility index (Phi) is 4.96. The summed E-state index contributed by atoms with van der Waals surface area (Å²) in [5.74, 6) is 1.24. The quantitative estimate of drug-likeness (QED) is 0.881. The minimum Gasteiger partial charge on any atom is -0.493 e. The highest BCUT2D eigenvalue weighted by molar-refractivity contribution is 7.15. The van der Waals surface area contributed by atoms with E-state index in [0.717, 1.165) is 25.0 Å². The molecule has 1 amide bonds. The number of rotatable bonds is 4. The number of ether oxygens (including phenoxy) is 2. The summed E-state index contributed by atoms with van der Waals surface area (Å²) < 4.78 is 10.4. The van der Waals surface area contributed by atoms with Gasteiger partial charge in [0.1, 0.15) is 0 Å². The van der Waals surface area contributed by atoms with Crippen molar-refractivity contribution in [3.05, 3.63) is 33.3 Å². The number of carbonyl (C=O) groups is 1. The van der Waals surface area contributed by atoms with Gasteiger partial charge in [0.2, 0.25) is 0 Å². The van der Waals surface area contributed by atoms with Gasteiger partial charge in [-0.2, -0.15) is 0 Å². The van der Waals surface area contributed by atoms with Crippen LogP contribution in [0.5, 0.6) is 11.5 Å². The van der Waals surface area contributed by atoms with Crippen LogP contribution in [0.3, 0.4) is 0 Å².